The first-order valence-electron chi connectivity index (χ1n) is 6.60. The molecule has 15 heavy (non-hydrogen) atoms. The Labute approximate surface area is 98.8 Å². The van der Waals surface area contributed by atoms with Gasteiger partial charge in [-0.05, 0) is 43.3 Å². The number of hydrogen-bond donors (Lipinski definition) is 1. The smallest absolute Gasteiger partial charge is 0.0172 e. The molecule has 1 heterocycles. The molecule has 2 heteroatoms. The van der Waals surface area contributed by atoms with Gasteiger partial charge in [0.25, 0.3) is 0 Å². The quantitative estimate of drug-likeness (QED) is 0.794. The molecule has 0 aromatic rings. The van der Waals surface area contributed by atoms with Crippen molar-refractivity contribution in [3.05, 3.63) is 0 Å². The van der Waals surface area contributed by atoms with E-state index in [9.17, 15) is 0 Å². The van der Waals surface area contributed by atoms with Crippen LogP contribution in [-0.2, 0) is 0 Å². The Bertz CT molecular complexity index is 189. The summed E-state index contributed by atoms with van der Waals surface area (Å²) >= 11 is 2.17. The van der Waals surface area contributed by atoms with Gasteiger partial charge >= 0.3 is 0 Å². The molecular weight excluding hydrogens is 202 g/mol. The first-order valence-corrected chi connectivity index (χ1v) is 7.65. The molecule has 4 unspecified atom stereocenters. The van der Waals surface area contributed by atoms with E-state index in [0.717, 1.165) is 23.1 Å². The third-order valence-corrected chi connectivity index (χ3v) is 5.49. The Morgan fingerprint density at radius 1 is 1.20 bits per heavy atom. The van der Waals surface area contributed by atoms with Gasteiger partial charge < -0.3 is 5.32 Å². The van der Waals surface area contributed by atoms with Gasteiger partial charge in [0.1, 0.15) is 0 Å². The molecular formula is C13H25NS. The zero-order valence-corrected chi connectivity index (χ0v) is 11.0. The standard InChI is InChI=1S/C13H25NS/c1-10-5-6-11(2)13(8-10)14-9-12-4-3-7-15-12/h10-14H,3-9H2,1-2H3. The predicted molar refractivity (Wildman–Crippen MR) is 69.4 cm³/mol. The van der Waals surface area contributed by atoms with E-state index < -0.39 is 0 Å². The van der Waals surface area contributed by atoms with Crippen molar-refractivity contribution in [2.24, 2.45) is 11.8 Å². The molecule has 0 aromatic carbocycles. The van der Waals surface area contributed by atoms with Crippen LogP contribution in [0.4, 0.5) is 0 Å². The fourth-order valence-corrected chi connectivity index (χ4v) is 4.12. The molecule has 1 saturated carbocycles. The number of hydrogen-bond acceptors (Lipinski definition) is 2. The van der Waals surface area contributed by atoms with E-state index in [2.05, 4.69) is 30.9 Å². The highest BCUT2D eigenvalue weighted by Crippen LogP contribution is 2.30. The minimum atomic E-state index is 0.801. The van der Waals surface area contributed by atoms with Crippen LogP contribution in [0.25, 0.3) is 0 Å². The summed E-state index contributed by atoms with van der Waals surface area (Å²) in [6.07, 6.45) is 7.15. The lowest BCUT2D eigenvalue weighted by Crippen LogP contribution is -2.42. The summed E-state index contributed by atoms with van der Waals surface area (Å²) < 4.78 is 0. The lowest BCUT2D eigenvalue weighted by Gasteiger charge is -2.34. The average Bonchev–Trinajstić information content (AvgIpc) is 2.72. The summed E-state index contributed by atoms with van der Waals surface area (Å²) in [5.41, 5.74) is 0. The van der Waals surface area contributed by atoms with Crippen LogP contribution in [0.2, 0.25) is 0 Å². The van der Waals surface area contributed by atoms with E-state index in [-0.39, 0.29) is 0 Å². The number of rotatable bonds is 3. The maximum Gasteiger partial charge on any atom is 0.0172 e. The Morgan fingerprint density at radius 3 is 2.80 bits per heavy atom. The average molecular weight is 227 g/mol. The monoisotopic (exact) mass is 227 g/mol. The maximum absolute atomic E-state index is 3.82. The molecule has 88 valence electrons. The highest BCUT2D eigenvalue weighted by molar-refractivity contribution is 8.00. The summed E-state index contributed by atoms with van der Waals surface area (Å²) in [7, 11) is 0. The summed E-state index contributed by atoms with van der Waals surface area (Å²) in [5, 5.41) is 4.73. The van der Waals surface area contributed by atoms with Crippen LogP contribution in [0.3, 0.4) is 0 Å². The molecule has 2 rings (SSSR count). The van der Waals surface area contributed by atoms with Gasteiger partial charge in [-0.25, -0.2) is 0 Å². The lowest BCUT2D eigenvalue weighted by molar-refractivity contribution is 0.229. The summed E-state index contributed by atoms with van der Waals surface area (Å²) in [4.78, 5) is 0. The Kier molecular flexibility index (Phi) is 4.39. The fraction of sp³-hybridized carbons (Fsp3) is 1.00. The molecule has 1 aliphatic carbocycles. The normalized spacial score (nSPS) is 42.0. The second kappa shape index (κ2) is 5.58. The minimum Gasteiger partial charge on any atom is -0.313 e. The van der Waals surface area contributed by atoms with Gasteiger partial charge in [0.2, 0.25) is 0 Å². The lowest BCUT2D eigenvalue weighted by atomic mass is 9.80. The van der Waals surface area contributed by atoms with E-state index in [1.807, 2.05) is 0 Å². The van der Waals surface area contributed by atoms with E-state index in [4.69, 9.17) is 0 Å². The highest BCUT2D eigenvalue weighted by atomic mass is 32.2. The van der Waals surface area contributed by atoms with E-state index in [0.29, 0.717) is 0 Å². The molecule has 1 saturated heterocycles. The Hall–Kier alpha value is 0.310. The molecule has 4 atom stereocenters. The van der Waals surface area contributed by atoms with E-state index >= 15 is 0 Å². The van der Waals surface area contributed by atoms with Gasteiger partial charge in [-0.15, -0.1) is 0 Å². The van der Waals surface area contributed by atoms with Gasteiger partial charge in [0.15, 0.2) is 0 Å². The molecule has 0 amide bonds. The van der Waals surface area contributed by atoms with Crippen molar-refractivity contribution in [2.45, 2.75) is 57.2 Å². The summed E-state index contributed by atoms with van der Waals surface area (Å²) in [6.45, 7) is 6.09. The molecule has 2 aliphatic rings. The van der Waals surface area contributed by atoms with Gasteiger partial charge in [-0.2, -0.15) is 11.8 Å². The second-order valence-electron chi connectivity index (χ2n) is 5.55. The molecule has 1 N–H and O–H groups in total. The number of thioether (sulfide) groups is 1. The zero-order valence-electron chi connectivity index (χ0n) is 10.2. The molecule has 0 spiro atoms. The van der Waals surface area contributed by atoms with Crippen molar-refractivity contribution in [3.8, 4) is 0 Å². The van der Waals surface area contributed by atoms with E-state index in [1.54, 1.807) is 0 Å². The van der Waals surface area contributed by atoms with Crippen molar-refractivity contribution in [1.29, 1.82) is 0 Å². The van der Waals surface area contributed by atoms with Crippen LogP contribution in [0, 0.1) is 11.8 Å². The van der Waals surface area contributed by atoms with Crippen LogP contribution in [0.1, 0.15) is 46.0 Å². The maximum atomic E-state index is 3.82. The van der Waals surface area contributed by atoms with Crippen molar-refractivity contribution in [1.82, 2.24) is 5.32 Å². The van der Waals surface area contributed by atoms with Gasteiger partial charge in [0.05, 0.1) is 0 Å². The molecule has 1 nitrogen and oxygen atoms in total. The highest BCUT2D eigenvalue weighted by Gasteiger charge is 2.26. The molecule has 0 bridgehead atoms. The van der Waals surface area contributed by atoms with Gasteiger partial charge in [0, 0.05) is 17.8 Å². The Morgan fingerprint density at radius 2 is 2.07 bits per heavy atom. The number of nitrogens with one attached hydrogen (secondary N) is 1. The topological polar surface area (TPSA) is 12.0 Å². The summed E-state index contributed by atoms with van der Waals surface area (Å²) in [5.74, 6) is 3.23. The van der Waals surface area contributed by atoms with Crippen molar-refractivity contribution >= 4 is 11.8 Å². The van der Waals surface area contributed by atoms with Crippen molar-refractivity contribution < 1.29 is 0 Å². The van der Waals surface area contributed by atoms with Crippen LogP contribution >= 0.6 is 11.8 Å². The van der Waals surface area contributed by atoms with E-state index in [1.165, 1.54) is 44.4 Å². The van der Waals surface area contributed by atoms with Gasteiger partial charge in [-0.3, -0.25) is 0 Å². The minimum absolute atomic E-state index is 0.801. The van der Waals surface area contributed by atoms with Crippen LogP contribution in [0.15, 0.2) is 0 Å². The molecule has 1 aliphatic heterocycles. The van der Waals surface area contributed by atoms with Crippen LogP contribution in [-0.4, -0.2) is 23.6 Å². The Balaban J connectivity index is 1.72. The fourth-order valence-electron chi connectivity index (χ4n) is 2.90. The van der Waals surface area contributed by atoms with Crippen LogP contribution in [0.5, 0.6) is 0 Å². The van der Waals surface area contributed by atoms with Crippen molar-refractivity contribution in [3.63, 3.8) is 0 Å². The van der Waals surface area contributed by atoms with Crippen molar-refractivity contribution in [2.75, 3.05) is 12.3 Å². The zero-order chi connectivity index (χ0) is 10.7. The SMILES string of the molecule is CC1CCC(C)C(NCC2CCCS2)C1. The molecule has 0 aromatic heterocycles. The third kappa shape index (κ3) is 3.39. The second-order valence-corrected chi connectivity index (χ2v) is 6.95. The molecule has 2 fully saturated rings. The van der Waals surface area contributed by atoms with Gasteiger partial charge in [-0.1, -0.05) is 20.3 Å². The first-order chi connectivity index (χ1) is 7.25. The summed E-state index contributed by atoms with van der Waals surface area (Å²) in [6, 6.07) is 0.801. The third-order valence-electron chi connectivity index (χ3n) is 4.09. The van der Waals surface area contributed by atoms with Crippen LogP contribution < -0.4 is 5.32 Å². The largest absolute Gasteiger partial charge is 0.313 e. The molecule has 0 radical (unpaired) electrons. The first kappa shape index (κ1) is 11.8. The predicted octanol–water partition coefficient (Wildman–Crippen LogP) is 3.30.